The summed E-state index contributed by atoms with van der Waals surface area (Å²) < 4.78 is 22.5. The van der Waals surface area contributed by atoms with E-state index in [1.807, 2.05) is 95.5 Å². The lowest BCUT2D eigenvalue weighted by molar-refractivity contribution is -0.121. The summed E-state index contributed by atoms with van der Waals surface area (Å²) >= 11 is 0. The van der Waals surface area contributed by atoms with E-state index in [2.05, 4.69) is 34.6 Å². The van der Waals surface area contributed by atoms with Crippen molar-refractivity contribution in [1.82, 2.24) is 14.7 Å². The van der Waals surface area contributed by atoms with Crippen LogP contribution in [-0.2, 0) is 11.4 Å². The summed E-state index contributed by atoms with van der Waals surface area (Å²) in [6.45, 7) is 0.916. The number of fused-ring (bicyclic) bond motifs is 1. The smallest absolute Gasteiger partial charge is 0.221 e. The number of nitrogens with one attached hydrogen (secondary N) is 1. The van der Waals surface area contributed by atoms with Crippen molar-refractivity contribution in [3.05, 3.63) is 174 Å². The molecule has 0 aliphatic heterocycles. The number of hydrogen-bond acceptors (Lipinski definition) is 3. The number of halogens is 1. The van der Waals surface area contributed by atoms with Gasteiger partial charge in [0, 0.05) is 37.2 Å². The highest BCUT2D eigenvalue weighted by Crippen LogP contribution is 2.32. The van der Waals surface area contributed by atoms with E-state index in [4.69, 9.17) is 4.74 Å². The monoisotopic (exact) mass is 583 g/mol. The average molecular weight is 584 g/mol. The Kier molecular flexibility index (Phi) is 9.07. The molecule has 1 amide bonds. The minimum atomic E-state index is -0.413. The van der Waals surface area contributed by atoms with Crippen molar-refractivity contribution < 1.29 is 13.9 Å². The largest absolute Gasteiger partial charge is 0.485 e. The number of pyridine rings is 1. The number of ether oxygens (including phenoxy) is 1. The van der Waals surface area contributed by atoms with Gasteiger partial charge in [0.2, 0.25) is 5.91 Å². The van der Waals surface area contributed by atoms with Crippen LogP contribution in [0, 0.1) is 5.82 Å². The Hall–Kier alpha value is -5.23. The first kappa shape index (κ1) is 28.9. The van der Waals surface area contributed by atoms with E-state index in [-0.39, 0.29) is 24.1 Å². The van der Waals surface area contributed by atoms with Gasteiger partial charge in [0.1, 0.15) is 12.4 Å². The fourth-order valence-electron chi connectivity index (χ4n) is 5.74. The van der Waals surface area contributed by atoms with Crippen molar-refractivity contribution in [2.75, 3.05) is 6.54 Å². The van der Waals surface area contributed by atoms with Crippen LogP contribution in [0.1, 0.15) is 52.6 Å². The van der Waals surface area contributed by atoms with Gasteiger partial charge in [0.25, 0.3) is 0 Å². The van der Waals surface area contributed by atoms with Crippen LogP contribution in [0.15, 0.2) is 140 Å². The number of hydrogen-bond donors (Lipinski definition) is 1. The molecule has 0 bridgehead atoms. The SMILES string of the molecule is O=C(CC(c1cccc(F)c1)c1cnc2c(OCc3ccccc3)cccn12)NCCC(c1ccccc1)c1ccccc1. The maximum absolute atomic E-state index is 14.4. The topological polar surface area (TPSA) is 55.6 Å². The molecule has 1 N–H and O–H groups in total. The molecule has 2 aromatic heterocycles. The molecular formula is C38H34FN3O2. The van der Waals surface area contributed by atoms with E-state index in [9.17, 15) is 9.18 Å². The zero-order valence-electron chi connectivity index (χ0n) is 24.4. The van der Waals surface area contributed by atoms with Crippen LogP contribution in [0.2, 0.25) is 0 Å². The predicted molar refractivity (Wildman–Crippen MR) is 171 cm³/mol. The molecule has 0 fully saturated rings. The zero-order chi connectivity index (χ0) is 30.1. The van der Waals surface area contributed by atoms with Gasteiger partial charge in [0.05, 0.1) is 5.69 Å². The predicted octanol–water partition coefficient (Wildman–Crippen LogP) is 7.91. The minimum absolute atomic E-state index is 0.106. The van der Waals surface area contributed by atoms with E-state index in [0.717, 1.165) is 17.7 Å². The lowest BCUT2D eigenvalue weighted by Crippen LogP contribution is -2.27. The summed E-state index contributed by atoms with van der Waals surface area (Å²) in [6, 6.07) is 40.9. The summed E-state index contributed by atoms with van der Waals surface area (Å²) in [6.07, 6.45) is 4.56. The Labute approximate surface area is 257 Å². The third kappa shape index (κ3) is 6.87. The maximum atomic E-state index is 14.4. The Morgan fingerprint density at radius 1 is 0.773 bits per heavy atom. The first-order chi connectivity index (χ1) is 21.7. The van der Waals surface area contributed by atoms with Crippen molar-refractivity contribution >= 4 is 11.6 Å². The lowest BCUT2D eigenvalue weighted by atomic mass is 9.88. The quantitative estimate of drug-likeness (QED) is 0.159. The maximum Gasteiger partial charge on any atom is 0.221 e. The van der Waals surface area contributed by atoms with Crippen molar-refractivity contribution in [3.63, 3.8) is 0 Å². The van der Waals surface area contributed by atoms with E-state index in [1.165, 1.54) is 23.3 Å². The average Bonchev–Trinajstić information content (AvgIpc) is 3.50. The summed E-state index contributed by atoms with van der Waals surface area (Å²) in [4.78, 5) is 18.1. The molecule has 220 valence electrons. The highest BCUT2D eigenvalue weighted by molar-refractivity contribution is 5.77. The molecule has 0 aliphatic rings. The molecule has 5 nitrogen and oxygen atoms in total. The van der Waals surface area contributed by atoms with Crippen molar-refractivity contribution in [2.24, 2.45) is 0 Å². The molecule has 6 aromatic rings. The third-order valence-corrected chi connectivity index (χ3v) is 7.92. The van der Waals surface area contributed by atoms with E-state index in [1.54, 1.807) is 12.3 Å². The Morgan fingerprint density at radius 3 is 2.11 bits per heavy atom. The number of benzene rings is 4. The Bertz CT molecular complexity index is 1770. The van der Waals surface area contributed by atoms with Gasteiger partial charge in [-0.15, -0.1) is 0 Å². The van der Waals surface area contributed by atoms with Crippen LogP contribution in [0.4, 0.5) is 4.39 Å². The van der Waals surface area contributed by atoms with Crippen molar-refractivity contribution in [3.8, 4) is 5.75 Å². The van der Waals surface area contributed by atoms with Crippen LogP contribution in [0.5, 0.6) is 5.75 Å². The van der Waals surface area contributed by atoms with Gasteiger partial charge in [-0.1, -0.05) is 103 Å². The van der Waals surface area contributed by atoms with E-state index in [0.29, 0.717) is 30.1 Å². The fraction of sp³-hybridized carbons (Fsp3) is 0.158. The molecule has 0 radical (unpaired) electrons. The molecule has 2 heterocycles. The number of rotatable bonds is 12. The summed E-state index contributed by atoms with van der Waals surface area (Å²) in [5.41, 5.74) is 5.62. The molecule has 4 aromatic carbocycles. The molecule has 0 spiro atoms. The van der Waals surface area contributed by atoms with Crippen molar-refractivity contribution in [1.29, 1.82) is 0 Å². The van der Waals surface area contributed by atoms with E-state index < -0.39 is 5.92 Å². The van der Waals surface area contributed by atoms with Gasteiger partial charge < -0.3 is 14.5 Å². The van der Waals surface area contributed by atoms with Gasteiger partial charge >= 0.3 is 0 Å². The van der Waals surface area contributed by atoms with Crippen molar-refractivity contribution in [2.45, 2.75) is 31.3 Å². The number of nitrogens with zero attached hydrogens (tertiary/aromatic N) is 2. The molecule has 6 heteroatoms. The number of aromatic nitrogens is 2. The summed E-state index contributed by atoms with van der Waals surface area (Å²) in [5, 5.41) is 3.14. The molecular weight excluding hydrogens is 549 g/mol. The molecule has 1 unspecified atom stereocenters. The van der Waals surface area contributed by atoms with Gasteiger partial charge in [-0.05, 0) is 52.9 Å². The minimum Gasteiger partial charge on any atom is -0.485 e. The fourth-order valence-corrected chi connectivity index (χ4v) is 5.74. The van der Waals surface area contributed by atoms with Crippen LogP contribution >= 0.6 is 0 Å². The first-order valence-corrected chi connectivity index (χ1v) is 14.9. The highest BCUT2D eigenvalue weighted by Gasteiger charge is 2.24. The highest BCUT2D eigenvalue weighted by atomic mass is 19.1. The zero-order valence-corrected chi connectivity index (χ0v) is 24.4. The standard InChI is InChI=1S/C38H34FN3O2/c39-32-19-10-18-31(24-32)34(35-26-41-38-36(20-11-23-42(35)38)44-27-28-12-4-1-5-13-28)25-37(43)40-22-21-33(29-14-6-2-7-15-29)30-16-8-3-9-17-30/h1-20,23-24,26,33-34H,21-22,25,27H2,(H,40,43). The van der Waals surface area contributed by atoms with Crippen LogP contribution < -0.4 is 10.1 Å². The van der Waals surface area contributed by atoms with Gasteiger partial charge in [-0.3, -0.25) is 4.79 Å². The second kappa shape index (κ2) is 13.8. The van der Waals surface area contributed by atoms with Crippen LogP contribution in [0.25, 0.3) is 5.65 Å². The van der Waals surface area contributed by atoms with Crippen LogP contribution in [0.3, 0.4) is 0 Å². The molecule has 0 aliphatic carbocycles. The molecule has 0 saturated heterocycles. The third-order valence-electron chi connectivity index (χ3n) is 7.92. The number of carbonyl (C=O) groups is 1. The van der Waals surface area contributed by atoms with Gasteiger partial charge in [-0.2, -0.15) is 0 Å². The Balaban J connectivity index is 1.21. The molecule has 44 heavy (non-hydrogen) atoms. The second-order valence-corrected chi connectivity index (χ2v) is 10.8. The first-order valence-electron chi connectivity index (χ1n) is 14.9. The number of carbonyl (C=O) groups excluding carboxylic acids is 1. The normalized spacial score (nSPS) is 11.9. The molecule has 1 atom stereocenters. The molecule has 0 saturated carbocycles. The Morgan fingerprint density at radius 2 is 1.43 bits per heavy atom. The number of imidazole rings is 1. The van der Waals surface area contributed by atoms with Crippen LogP contribution in [-0.4, -0.2) is 21.8 Å². The van der Waals surface area contributed by atoms with Gasteiger partial charge in [-0.25, -0.2) is 9.37 Å². The second-order valence-electron chi connectivity index (χ2n) is 10.8. The molecule has 6 rings (SSSR count). The summed E-state index contributed by atoms with van der Waals surface area (Å²) in [7, 11) is 0. The number of amides is 1. The van der Waals surface area contributed by atoms with E-state index >= 15 is 0 Å². The van der Waals surface area contributed by atoms with Gasteiger partial charge in [0.15, 0.2) is 11.4 Å². The lowest BCUT2D eigenvalue weighted by Gasteiger charge is -2.20. The summed E-state index contributed by atoms with van der Waals surface area (Å²) in [5.74, 6) is -0.0698.